The largest absolute Gasteiger partial charge is 0.315 e. The molecule has 0 bridgehead atoms. The van der Waals surface area contributed by atoms with Gasteiger partial charge in [0.25, 0.3) is 0 Å². The lowest BCUT2D eigenvalue weighted by Gasteiger charge is -2.47. The fourth-order valence-corrected chi connectivity index (χ4v) is 6.05. The van der Waals surface area contributed by atoms with Crippen LogP contribution >= 0.6 is 0 Å². The highest BCUT2D eigenvalue weighted by Gasteiger charge is 2.58. The van der Waals surface area contributed by atoms with Gasteiger partial charge in [0.05, 0.1) is 36.3 Å². The summed E-state index contributed by atoms with van der Waals surface area (Å²) in [5.74, 6) is 3.35. The number of piperidine rings is 3. The molecule has 7 heterocycles. The van der Waals surface area contributed by atoms with Gasteiger partial charge in [-0.25, -0.2) is 15.0 Å². The monoisotopic (exact) mass is 369 g/mol. The van der Waals surface area contributed by atoms with Crippen molar-refractivity contribution in [2.24, 2.45) is 15.0 Å². The summed E-state index contributed by atoms with van der Waals surface area (Å²) >= 11 is 0. The molecule has 6 atom stereocenters. The summed E-state index contributed by atoms with van der Waals surface area (Å²) in [6.07, 6.45) is 3.33. The van der Waals surface area contributed by atoms with Crippen molar-refractivity contribution in [3.8, 4) is 0 Å². The minimum Gasteiger partial charge on any atom is -0.315 e. The molecular weight excluding hydrogens is 342 g/mol. The Morgan fingerprint density at radius 2 is 0.889 bits per heavy atom. The Balaban J connectivity index is 1.37. The van der Waals surface area contributed by atoms with Crippen molar-refractivity contribution in [1.29, 1.82) is 0 Å². The van der Waals surface area contributed by atoms with E-state index >= 15 is 0 Å². The summed E-state index contributed by atoms with van der Waals surface area (Å²) < 4.78 is 0. The van der Waals surface area contributed by atoms with Crippen LogP contribution in [0.2, 0.25) is 0 Å². The van der Waals surface area contributed by atoms with Gasteiger partial charge in [-0.1, -0.05) is 0 Å². The van der Waals surface area contributed by atoms with Gasteiger partial charge in [0.15, 0.2) is 0 Å². The topological polar surface area (TPSA) is 82.9 Å². The van der Waals surface area contributed by atoms with Gasteiger partial charge >= 0.3 is 0 Å². The zero-order valence-electron chi connectivity index (χ0n) is 15.5. The van der Waals surface area contributed by atoms with Gasteiger partial charge in [-0.3, -0.25) is 14.7 Å². The second-order valence-electron chi connectivity index (χ2n) is 8.78. The molecule has 7 rings (SSSR count). The summed E-state index contributed by atoms with van der Waals surface area (Å²) in [7, 11) is 0. The number of rotatable bonds is 0. The Morgan fingerprint density at radius 3 is 1.22 bits per heavy atom. The molecule has 3 N–H and O–H groups in total. The van der Waals surface area contributed by atoms with Crippen LogP contribution in [0.25, 0.3) is 0 Å². The van der Waals surface area contributed by atoms with Crippen LogP contribution in [-0.2, 0) is 0 Å². The summed E-state index contributed by atoms with van der Waals surface area (Å²) in [4.78, 5) is 23.1. The first-order chi connectivity index (χ1) is 13.4. The van der Waals surface area contributed by atoms with Crippen LogP contribution < -0.4 is 16.0 Å². The quantitative estimate of drug-likeness (QED) is 0.468. The predicted molar refractivity (Wildman–Crippen MR) is 103 cm³/mol. The van der Waals surface area contributed by atoms with Crippen LogP contribution in [0.4, 0.5) is 0 Å². The van der Waals surface area contributed by atoms with Crippen LogP contribution in [0.15, 0.2) is 15.0 Å². The Hall–Kier alpha value is -1.71. The molecule has 0 aromatic carbocycles. The fraction of sp³-hybridized carbons (Fsp3) is 0.833. The first-order valence-electron chi connectivity index (χ1n) is 10.6. The highest BCUT2D eigenvalue weighted by atomic mass is 15.7. The molecule has 0 spiro atoms. The van der Waals surface area contributed by atoms with Crippen LogP contribution in [0, 0.1) is 0 Å². The lowest BCUT2D eigenvalue weighted by Crippen LogP contribution is -2.70. The molecule has 9 nitrogen and oxygen atoms in total. The van der Waals surface area contributed by atoms with E-state index in [2.05, 4.69) is 30.7 Å². The van der Waals surface area contributed by atoms with Gasteiger partial charge in [-0.15, -0.1) is 0 Å². The molecule has 4 fully saturated rings. The average Bonchev–Trinajstić information content (AvgIpc) is 3.38. The van der Waals surface area contributed by atoms with Gasteiger partial charge in [-0.05, 0) is 38.9 Å². The van der Waals surface area contributed by atoms with E-state index in [1.54, 1.807) is 0 Å². The van der Waals surface area contributed by atoms with Crippen molar-refractivity contribution in [2.45, 2.75) is 55.5 Å². The third kappa shape index (κ3) is 1.92. The molecule has 7 aliphatic heterocycles. The molecule has 9 heteroatoms. The average molecular weight is 369 g/mol. The number of fused-ring (bicyclic) bond motifs is 12. The standard InChI is InChI=1S/C18H27N9/c1-4-19-7-13-10(1)22-16-25(13)17-23-12-3-6-21-9-15(12)27(17)18-24-11-2-5-20-8-14(11)26(16)18/h10-15,19-21H,1-9H2. The molecule has 0 aliphatic carbocycles. The summed E-state index contributed by atoms with van der Waals surface area (Å²) in [5.41, 5.74) is 0. The molecule has 0 aromatic heterocycles. The normalized spacial score (nSPS) is 44.4. The summed E-state index contributed by atoms with van der Waals surface area (Å²) in [6.45, 7) is 6.16. The van der Waals surface area contributed by atoms with E-state index in [-0.39, 0.29) is 0 Å². The molecule has 0 amide bonds. The zero-order chi connectivity index (χ0) is 17.5. The number of nitrogens with one attached hydrogen (secondary N) is 3. The predicted octanol–water partition coefficient (Wildman–Crippen LogP) is -1.79. The molecule has 27 heavy (non-hydrogen) atoms. The minimum absolute atomic E-state index is 0.376. The van der Waals surface area contributed by atoms with E-state index in [9.17, 15) is 0 Å². The molecule has 0 saturated carbocycles. The van der Waals surface area contributed by atoms with Gasteiger partial charge < -0.3 is 16.0 Å². The zero-order valence-corrected chi connectivity index (χ0v) is 15.5. The van der Waals surface area contributed by atoms with Gasteiger partial charge in [0.2, 0.25) is 17.9 Å². The molecule has 0 aromatic rings. The minimum atomic E-state index is 0.376. The van der Waals surface area contributed by atoms with E-state index in [0.717, 1.165) is 76.4 Å². The molecule has 7 aliphatic rings. The fourth-order valence-electron chi connectivity index (χ4n) is 6.05. The highest BCUT2D eigenvalue weighted by Crippen LogP contribution is 2.39. The molecule has 4 saturated heterocycles. The lowest BCUT2D eigenvalue weighted by molar-refractivity contribution is 0.240. The van der Waals surface area contributed by atoms with Gasteiger partial charge in [0, 0.05) is 19.6 Å². The molecule has 144 valence electrons. The second kappa shape index (κ2) is 5.42. The maximum absolute atomic E-state index is 5.24. The van der Waals surface area contributed by atoms with Crippen LogP contribution in [-0.4, -0.2) is 108 Å². The third-order valence-electron chi connectivity index (χ3n) is 7.38. The Kier molecular flexibility index (Phi) is 3.06. The summed E-state index contributed by atoms with van der Waals surface area (Å²) in [6, 6.07) is 2.30. The van der Waals surface area contributed by atoms with Crippen LogP contribution in [0.1, 0.15) is 19.3 Å². The third-order valence-corrected chi connectivity index (χ3v) is 7.38. The van der Waals surface area contributed by atoms with Crippen molar-refractivity contribution < 1.29 is 0 Å². The van der Waals surface area contributed by atoms with E-state index in [1.807, 2.05) is 0 Å². The second-order valence-corrected chi connectivity index (χ2v) is 8.78. The lowest BCUT2D eigenvalue weighted by atomic mass is 10.0. The Morgan fingerprint density at radius 1 is 0.556 bits per heavy atom. The first-order valence-corrected chi connectivity index (χ1v) is 10.6. The number of aliphatic imine (C=N–C) groups is 3. The van der Waals surface area contributed by atoms with Crippen molar-refractivity contribution in [2.75, 3.05) is 39.3 Å². The molecule has 0 radical (unpaired) electrons. The number of nitrogens with zero attached hydrogens (tertiary/aromatic N) is 6. The van der Waals surface area contributed by atoms with E-state index in [1.165, 1.54) is 0 Å². The SMILES string of the molecule is C1CC2N=C3N(C4=NC5CCNCC5N4C4=NC5CCNCC5N34)C2CN1. The van der Waals surface area contributed by atoms with Gasteiger partial charge in [-0.2, -0.15) is 0 Å². The maximum atomic E-state index is 5.24. The van der Waals surface area contributed by atoms with E-state index in [0.29, 0.717) is 36.3 Å². The van der Waals surface area contributed by atoms with Crippen LogP contribution in [0.5, 0.6) is 0 Å². The molecular formula is C18H27N9. The smallest absolute Gasteiger partial charge is 0.211 e. The molecule has 6 unspecified atom stereocenters. The van der Waals surface area contributed by atoms with E-state index < -0.39 is 0 Å². The van der Waals surface area contributed by atoms with Crippen molar-refractivity contribution >= 4 is 17.9 Å². The van der Waals surface area contributed by atoms with Crippen molar-refractivity contribution in [3.63, 3.8) is 0 Å². The Labute approximate surface area is 159 Å². The maximum Gasteiger partial charge on any atom is 0.211 e. The Bertz CT molecular complexity index is 642. The number of hydrogen-bond donors (Lipinski definition) is 3. The van der Waals surface area contributed by atoms with Gasteiger partial charge in [0.1, 0.15) is 0 Å². The number of hydrogen-bond acceptors (Lipinski definition) is 9. The number of guanidine groups is 3. The first kappa shape index (κ1) is 15.2. The highest BCUT2D eigenvalue weighted by molar-refractivity contribution is 6.19. The van der Waals surface area contributed by atoms with Crippen molar-refractivity contribution in [1.82, 2.24) is 30.7 Å². The van der Waals surface area contributed by atoms with Crippen LogP contribution in [0.3, 0.4) is 0 Å². The summed E-state index contributed by atoms with van der Waals surface area (Å²) in [5, 5.41) is 10.8. The van der Waals surface area contributed by atoms with E-state index in [4.69, 9.17) is 15.0 Å². The van der Waals surface area contributed by atoms with Crippen molar-refractivity contribution in [3.05, 3.63) is 0 Å².